The van der Waals surface area contributed by atoms with Gasteiger partial charge in [-0.05, 0) is 50.9 Å². The Morgan fingerprint density at radius 1 is 1.16 bits per heavy atom. The van der Waals surface area contributed by atoms with E-state index in [1.54, 1.807) is 6.92 Å². The van der Waals surface area contributed by atoms with Crippen molar-refractivity contribution in [1.29, 1.82) is 0 Å². The van der Waals surface area contributed by atoms with Crippen molar-refractivity contribution in [2.45, 2.75) is 19.8 Å². The molecule has 0 saturated carbocycles. The lowest BCUT2D eigenvalue weighted by Gasteiger charge is -2.09. The molecule has 0 amide bonds. The fraction of sp³-hybridized carbons (Fsp3) is 0.385. The molecule has 0 aliphatic rings. The lowest BCUT2D eigenvalue weighted by molar-refractivity contribution is -0.144. The van der Waals surface area contributed by atoms with Crippen LogP contribution in [-0.4, -0.2) is 25.0 Å². The van der Waals surface area contributed by atoms with Crippen LogP contribution < -0.4 is 4.74 Å². The van der Waals surface area contributed by atoms with E-state index in [2.05, 4.69) is 31.9 Å². The second kappa shape index (κ2) is 8.32. The van der Waals surface area contributed by atoms with Gasteiger partial charge in [-0.1, -0.05) is 6.07 Å². The van der Waals surface area contributed by atoms with Crippen molar-refractivity contribution in [3.8, 4) is 5.75 Å². The van der Waals surface area contributed by atoms with Gasteiger partial charge in [-0.3, -0.25) is 9.59 Å². The molecule has 1 rings (SSSR count). The van der Waals surface area contributed by atoms with Crippen molar-refractivity contribution in [3.05, 3.63) is 27.1 Å². The van der Waals surface area contributed by atoms with E-state index < -0.39 is 0 Å². The lowest BCUT2D eigenvalue weighted by atomic mass is 10.2. The van der Waals surface area contributed by atoms with Gasteiger partial charge in [0.2, 0.25) is 0 Å². The molecule has 0 fully saturated rings. The monoisotopic (exact) mass is 392 g/mol. The maximum atomic E-state index is 11.6. The number of Topliss-reactive ketones (excluding diaryl/α,β-unsaturated/α-hetero) is 1. The third-order valence-electron chi connectivity index (χ3n) is 2.21. The highest BCUT2D eigenvalue weighted by Gasteiger charge is 2.11. The first kappa shape index (κ1) is 16.2. The summed E-state index contributed by atoms with van der Waals surface area (Å²) >= 11 is 6.68. The Hall–Kier alpha value is -0.880. The summed E-state index contributed by atoms with van der Waals surface area (Å²) in [5.41, 5.74) is 0. The average Bonchev–Trinajstić information content (AvgIpc) is 2.36. The maximum Gasteiger partial charge on any atom is 0.306 e. The Balaban J connectivity index is 2.40. The van der Waals surface area contributed by atoms with Crippen molar-refractivity contribution in [3.63, 3.8) is 0 Å². The lowest BCUT2D eigenvalue weighted by Crippen LogP contribution is -2.14. The van der Waals surface area contributed by atoms with Crippen molar-refractivity contribution < 1.29 is 19.1 Å². The van der Waals surface area contributed by atoms with E-state index in [0.717, 1.165) is 8.95 Å². The van der Waals surface area contributed by atoms with Crippen LogP contribution in [0.15, 0.2) is 27.1 Å². The second-order valence-corrected chi connectivity index (χ2v) is 5.39. The van der Waals surface area contributed by atoms with Gasteiger partial charge in [0, 0.05) is 6.42 Å². The van der Waals surface area contributed by atoms with Crippen LogP contribution in [0, 0.1) is 0 Å². The number of benzene rings is 1. The summed E-state index contributed by atoms with van der Waals surface area (Å²) in [7, 11) is 0. The number of para-hydroxylation sites is 1. The Kier molecular flexibility index (Phi) is 7.09. The van der Waals surface area contributed by atoms with Gasteiger partial charge in [-0.2, -0.15) is 0 Å². The van der Waals surface area contributed by atoms with Crippen molar-refractivity contribution in [2.24, 2.45) is 0 Å². The normalized spacial score (nSPS) is 10.1. The first-order chi connectivity index (χ1) is 9.04. The summed E-state index contributed by atoms with van der Waals surface area (Å²) in [5, 5.41) is 0. The minimum absolute atomic E-state index is 0.0688. The van der Waals surface area contributed by atoms with Crippen LogP contribution in [0.4, 0.5) is 0 Å². The molecule has 1 aromatic rings. The van der Waals surface area contributed by atoms with Gasteiger partial charge < -0.3 is 9.47 Å². The highest BCUT2D eigenvalue weighted by atomic mass is 79.9. The minimum Gasteiger partial charge on any atom is -0.483 e. The molecule has 6 heteroatoms. The van der Waals surface area contributed by atoms with Crippen molar-refractivity contribution in [2.75, 3.05) is 13.2 Å². The Morgan fingerprint density at radius 3 is 2.37 bits per heavy atom. The highest BCUT2D eigenvalue weighted by Crippen LogP contribution is 2.32. The van der Waals surface area contributed by atoms with Gasteiger partial charge in [0.05, 0.1) is 22.0 Å². The van der Waals surface area contributed by atoms with Gasteiger partial charge >= 0.3 is 5.97 Å². The number of halogens is 2. The topological polar surface area (TPSA) is 52.6 Å². The van der Waals surface area contributed by atoms with Gasteiger partial charge in [0.15, 0.2) is 5.78 Å². The first-order valence-corrected chi connectivity index (χ1v) is 7.37. The van der Waals surface area contributed by atoms with Crippen LogP contribution in [0.25, 0.3) is 0 Å². The molecular weight excluding hydrogens is 380 g/mol. The number of hydrogen-bond donors (Lipinski definition) is 0. The predicted molar refractivity (Wildman–Crippen MR) is 78.2 cm³/mol. The molecule has 0 saturated heterocycles. The van der Waals surface area contributed by atoms with Gasteiger partial charge in [0.1, 0.15) is 12.4 Å². The Bertz CT molecular complexity index is 440. The van der Waals surface area contributed by atoms with E-state index in [4.69, 9.17) is 9.47 Å². The molecule has 1 aromatic carbocycles. The number of ketones is 1. The molecule has 0 N–H and O–H groups in total. The molecule has 0 aliphatic carbocycles. The van der Waals surface area contributed by atoms with Crippen molar-refractivity contribution in [1.82, 2.24) is 0 Å². The Labute approximate surface area is 128 Å². The minimum atomic E-state index is -0.363. The second-order valence-electron chi connectivity index (χ2n) is 3.68. The molecule has 4 nitrogen and oxygen atoms in total. The molecule has 19 heavy (non-hydrogen) atoms. The van der Waals surface area contributed by atoms with E-state index in [1.807, 2.05) is 18.2 Å². The first-order valence-electron chi connectivity index (χ1n) is 5.78. The zero-order valence-corrected chi connectivity index (χ0v) is 13.6. The van der Waals surface area contributed by atoms with E-state index >= 15 is 0 Å². The van der Waals surface area contributed by atoms with Crippen molar-refractivity contribution >= 4 is 43.6 Å². The smallest absolute Gasteiger partial charge is 0.306 e. The molecule has 0 radical (unpaired) electrons. The number of ether oxygens (including phenoxy) is 2. The molecule has 104 valence electrons. The molecule has 0 spiro atoms. The van der Waals surface area contributed by atoms with Crippen LogP contribution in [0.1, 0.15) is 19.8 Å². The number of esters is 1. The molecule has 0 aliphatic heterocycles. The van der Waals surface area contributed by atoms with E-state index in [1.165, 1.54) is 0 Å². The summed E-state index contributed by atoms with van der Waals surface area (Å²) < 4.78 is 11.7. The largest absolute Gasteiger partial charge is 0.483 e. The summed E-state index contributed by atoms with van der Waals surface area (Å²) in [4.78, 5) is 22.7. The van der Waals surface area contributed by atoms with Crippen LogP contribution in [0.2, 0.25) is 0 Å². The van der Waals surface area contributed by atoms with Gasteiger partial charge in [-0.25, -0.2) is 0 Å². The summed E-state index contributed by atoms with van der Waals surface area (Å²) in [6, 6.07) is 5.50. The predicted octanol–water partition coefficient (Wildman–Crippen LogP) is 3.50. The third-order valence-corrected chi connectivity index (χ3v) is 3.46. The van der Waals surface area contributed by atoms with Crippen LogP contribution in [-0.2, 0) is 14.3 Å². The van der Waals surface area contributed by atoms with Crippen LogP contribution in [0.3, 0.4) is 0 Å². The fourth-order valence-corrected chi connectivity index (χ4v) is 2.55. The quantitative estimate of drug-likeness (QED) is 0.665. The summed E-state index contributed by atoms with van der Waals surface area (Å²) in [6.45, 7) is 1.99. The van der Waals surface area contributed by atoms with Gasteiger partial charge in [-0.15, -0.1) is 0 Å². The molecule has 0 bridgehead atoms. The number of rotatable bonds is 7. The van der Waals surface area contributed by atoms with Crippen LogP contribution >= 0.6 is 31.9 Å². The SMILES string of the molecule is CCOC(=O)CCC(=O)COc1c(Br)cccc1Br. The zero-order chi connectivity index (χ0) is 14.3. The molecule has 0 unspecified atom stereocenters. The maximum absolute atomic E-state index is 11.6. The molecule has 0 aromatic heterocycles. The standard InChI is InChI=1S/C13H14Br2O4/c1-2-18-12(17)7-6-9(16)8-19-13-10(14)4-3-5-11(13)15/h3-5H,2,6-8H2,1H3. The number of carbonyl (C=O) groups excluding carboxylic acids is 2. The summed E-state index contributed by atoms with van der Waals surface area (Å²) in [6.07, 6.45) is 0.216. The zero-order valence-electron chi connectivity index (χ0n) is 10.4. The number of hydrogen-bond acceptors (Lipinski definition) is 4. The molecular formula is C13H14Br2O4. The molecule has 0 heterocycles. The Morgan fingerprint density at radius 2 is 1.79 bits per heavy atom. The highest BCUT2D eigenvalue weighted by molar-refractivity contribution is 9.11. The van der Waals surface area contributed by atoms with Gasteiger partial charge in [0.25, 0.3) is 0 Å². The van der Waals surface area contributed by atoms with E-state index in [-0.39, 0.29) is 31.2 Å². The molecule has 0 atom stereocenters. The van der Waals surface area contributed by atoms with E-state index in [0.29, 0.717) is 12.4 Å². The average molecular weight is 394 g/mol. The third kappa shape index (κ3) is 5.74. The van der Waals surface area contributed by atoms with E-state index in [9.17, 15) is 9.59 Å². The summed E-state index contributed by atoms with van der Waals surface area (Å²) in [5.74, 6) is 0.0700. The fourth-order valence-electron chi connectivity index (χ4n) is 1.32. The number of carbonyl (C=O) groups is 2. The van der Waals surface area contributed by atoms with Crippen LogP contribution in [0.5, 0.6) is 5.75 Å².